The standard InChI is InChI=1S/C23H23FN4O.CH2O2/c1-15-5-2-3-6-17(15)22-18-14-27(21-8-10-25-11-19(21)24)12-16(18)13-28(22)23(29)20-7-4-9-26-20;2-1-3/h2-11,16,18,22,26H,12-14H2,1H3;1H,(H,2,3)/t16-,18-,22-;/m0./s1. The summed E-state index contributed by atoms with van der Waals surface area (Å²) in [7, 11) is 0. The number of benzene rings is 1. The molecule has 2 aromatic heterocycles. The third-order valence-corrected chi connectivity index (χ3v) is 6.35. The Balaban J connectivity index is 0.000000775. The third kappa shape index (κ3) is 3.95. The van der Waals surface area contributed by atoms with Crippen molar-refractivity contribution in [2.45, 2.75) is 13.0 Å². The van der Waals surface area contributed by atoms with Gasteiger partial charge in [0, 0.05) is 43.9 Å². The van der Waals surface area contributed by atoms with Crippen molar-refractivity contribution in [1.29, 1.82) is 0 Å². The first-order valence-corrected chi connectivity index (χ1v) is 10.5. The van der Waals surface area contributed by atoms with Crippen molar-refractivity contribution in [3.8, 4) is 0 Å². The van der Waals surface area contributed by atoms with Gasteiger partial charge in [0.25, 0.3) is 12.4 Å². The maximum atomic E-state index is 14.3. The molecule has 0 aliphatic carbocycles. The number of nitrogens with one attached hydrogen (secondary N) is 1. The molecule has 2 aliphatic heterocycles. The summed E-state index contributed by atoms with van der Waals surface area (Å²) in [6.07, 6.45) is 4.68. The summed E-state index contributed by atoms with van der Waals surface area (Å²) in [5.41, 5.74) is 3.56. The second-order valence-electron chi connectivity index (χ2n) is 8.10. The van der Waals surface area contributed by atoms with Crippen molar-refractivity contribution in [2.24, 2.45) is 11.8 Å². The van der Waals surface area contributed by atoms with Gasteiger partial charge in [-0.05, 0) is 36.2 Å². The second-order valence-corrected chi connectivity index (χ2v) is 8.10. The zero-order chi connectivity index (χ0) is 22.7. The average Bonchev–Trinajstić information content (AvgIpc) is 3.51. The number of anilines is 1. The zero-order valence-electron chi connectivity index (χ0n) is 17.7. The fraction of sp³-hybridized carbons (Fsp3) is 0.292. The molecule has 5 rings (SSSR count). The summed E-state index contributed by atoms with van der Waals surface area (Å²) in [6.45, 7) is 3.97. The molecule has 0 unspecified atom stereocenters. The SMILES string of the molecule is Cc1ccccc1[C@H]1[C@H]2CN(c3ccncc3F)C[C@H]2CN1C(=O)c1ccc[nH]1.O=CO. The van der Waals surface area contributed by atoms with Crippen LogP contribution in [0.5, 0.6) is 0 Å². The Morgan fingerprint density at radius 3 is 2.66 bits per heavy atom. The van der Waals surface area contributed by atoms with Crippen LogP contribution >= 0.6 is 0 Å². The molecule has 3 atom stereocenters. The lowest BCUT2D eigenvalue weighted by atomic mass is 9.87. The molecule has 0 radical (unpaired) electrons. The van der Waals surface area contributed by atoms with Crippen molar-refractivity contribution < 1.29 is 19.1 Å². The number of amides is 1. The fourth-order valence-corrected chi connectivity index (χ4v) is 5.01. The van der Waals surface area contributed by atoms with Crippen LogP contribution in [0.2, 0.25) is 0 Å². The second kappa shape index (κ2) is 9.21. The number of carboxylic acid groups (broad SMARTS) is 1. The van der Waals surface area contributed by atoms with Gasteiger partial charge in [-0.2, -0.15) is 0 Å². The van der Waals surface area contributed by atoms with E-state index in [1.54, 1.807) is 18.5 Å². The Hall–Kier alpha value is -3.68. The molecule has 2 fully saturated rings. The monoisotopic (exact) mass is 436 g/mol. The van der Waals surface area contributed by atoms with Crippen LogP contribution < -0.4 is 4.90 Å². The van der Waals surface area contributed by atoms with Gasteiger partial charge in [-0.15, -0.1) is 0 Å². The summed E-state index contributed by atoms with van der Waals surface area (Å²) in [4.78, 5) is 32.6. The lowest BCUT2D eigenvalue weighted by Crippen LogP contribution is -2.36. The summed E-state index contributed by atoms with van der Waals surface area (Å²) in [5, 5.41) is 6.89. The summed E-state index contributed by atoms with van der Waals surface area (Å²) in [6, 6.07) is 13.7. The van der Waals surface area contributed by atoms with Crippen molar-refractivity contribution >= 4 is 18.1 Å². The molecule has 7 nitrogen and oxygen atoms in total. The number of nitrogens with zero attached hydrogens (tertiary/aromatic N) is 3. The number of rotatable bonds is 3. The van der Waals surface area contributed by atoms with Crippen molar-refractivity contribution in [3.63, 3.8) is 0 Å². The van der Waals surface area contributed by atoms with Crippen LogP contribution in [0.1, 0.15) is 27.7 Å². The van der Waals surface area contributed by atoms with Crippen molar-refractivity contribution in [3.05, 3.63) is 83.7 Å². The van der Waals surface area contributed by atoms with E-state index in [4.69, 9.17) is 9.90 Å². The predicted octanol–water partition coefficient (Wildman–Crippen LogP) is 3.51. The van der Waals surface area contributed by atoms with Crippen molar-refractivity contribution in [2.75, 3.05) is 24.5 Å². The quantitative estimate of drug-likeness (QED) is 0.614. The number of pyridine rings is 1. The van der Waals surface area contributed by atoms with Crippen LogP contribution in [0.3, 0.4) is 0 Å². The number of aryl methyl sites for hydroxylation is 1. The van der Waals surface area contributed by atoms with Gasteiger partial charge in [0.1, 0.15) is 5.69 Å². The maximum Gasteiger partial charge on any atom is 0.290 e. The molecule has 8 heteroatoms. The summed E-state index contributed by atoms with van der Waals surface area (Å²) < 4.78 is 14.3. The van der Waals surface area contributed by atoms with Crippen molar-refractivity contribution in [1.82, 2.24) is 14.9 Å². The fourth-order valence-electron chi connectivity index (χ4n) is 5.01. The molecule has 2 saturated heterocycles. The largest absolute Gasteiger partial charge is 0.483 e. The van der Waals surface area contributed by atoms with Gasteiger partial charge in [0.05, 0.1) is 17.9 Å². The highest BCUT2D eigenvalue weighted by Gasteiger charge is 2.50. The number of H-pyrrole nitrogens is 1. The molecule has 32 heavy (non-hydrogen) atoms. The number of carbonyl (C=O) groups is 2. The Labute approximate surface area is 185 Å². The molecule has 2 N–H and O–H groups in total. The van der Waals surface area contributed by atoms with E-state index in [-0.39, 0.29) is 30.2 Å². The van der Waals surface area contributed by atoms with Gasteiger partial charge < -0.3 is 19.9 Å². The van der Waals surface area contributed by atoms with Gasteiger partial charge in [-0.1, -0.05) is 24.3 Å². The Kier molecular flexibility index (Phi) is 6.20. The number of carbonyl (C=O) groups excluding carboxylic acids is 1. The highest BCUT2D eigenvalue weighted by Crippen LogP contribution is 2.47. The molecule has 0 spiro atoms. The van der Waals surface area contributed by atoms with E-state index in [9.17, 15) is 9.18 Å². The molecular formula is C24H25FN4O3. The number of aromatic amines is 1. The van der Waals surface area contributed by atoms with E-state index < -0.39 is 0 Å². The third-order valence-electron chi connectivity index (χ3n) is 6.35. The topological polar surface area (TPSA) is 89.5 Å². The molecule has 2 aliphatic rings. The minimum atomic E-state index is -0.292. The van der Waals surface area contributed by atoms with Crippen LogP contribution in [0.25, 0.3) is 0 Å². The zero-order valence-corrected chi connectivity index (χ0v) is 17.7. The summed E-state index contributed by atoms with van der Waals surface area (Å²) in [5.74, 6) is 0.284. The van der Waals surface area contributed by atoms with Crippen LogP contribution in [-0.2, 0) is 4.79 Å². The molecule has 1 amide bonds. The first-order chi connectivity index (χ1) is 15.5. The van der Waals surface area contributed by atoms with Gasteiger partial charge in [0.2, 0.25) is 0 Å². The molecular weight excluding hydrogens is 411 g/mol. The molecule has 4 heterocycles. The van der Waals surface area contributed by atoms with Gasteiger partial charge in [0.15, 0.2) is 5.82 Å². The van der Waals surface area contributed by atoms with E-state index in [2.05, 4.69) is 33.9 Å². The smallest absolute Gasteiger partial charge is 0.290 e. The Morgan fingerprint density at radius 2 is 1.97 bits per heavy atom. The molecule has 3 aromatic rings. The van der Waals surface area contributed by atoms with E-state index in [0.29, 0.717) is 23.8 Å². The average molecular weight is 436 g/mol. The number of fused-ring (bicyclic) bond motifs is 1. The van der Waals surface area contributed by atoms with E-state index in [0.717, 1.165) is 13.1 Å². The summed E-state index contributed by atoms with van der Waals surface area (Å²) >= 11 is 0. The molecule has 0 saturated carbocycles. The van der Waals surface area contributed by atoms with Crippen LogP contribution in [-0.4, -0.2) is 52.0 Å². The van der Waals surface area contributed by atoms with E-state index >= 15 is 0 Å². The van der Waals surface area contributed by atoms with Crippen LogP contribution in [0.4, 0.5) is 10.1 Å². The minimum Gasteiger partial charge on any atom is -0.483 e. The lowest BCUT2D eigenvalue weighted by Gasteiger charge is -2.31. The van der Waals surface area contributed by atoms with Crippen LogP contribution in [0.15, 0.2) is 61.1 Å². The Morgan fingerprint density at radius 1 is 1.19 bits per heavy atom. The maximum absolute atomic E-state index is 14.3. The van der Waals surface area contributed by atoms with Gasteiger partial charge >= 0.3 is 0 Å². The van der Waals surface area contributed by atoms with E-state index in [1.807, 2.05) is 29.2 Å². The van der Waals surface area contributed by atoms with E-state index in [1.165, 1.54) is 17.3 Å². The van der Waals surface area contributed by atoms with Gasteiger partial charge in [-0.25, -0.2) is 4.39 Å². The van der Waals surface area contributed by atoms with Crippen LogP contribution in [0, 0.1) is 24.6 Å². The number of hydrogen-bond acceptors (Lipinski definition) is 4. The highest BCUT2D eigenvalue weighted by molar-refractivity contribution is 5.93. The molecule has 0 bridgehead atoms. The highest BCUT2D eigenvalue weighted by atomic mass is 19.1. The number of aromatic nitrogens is 2. The minimum absolute atomic E-state index is 0.0214. The first kappa shape index (κ1) is 21.5. The number of hydrogen-bond donors (Lipinski definition) is 2. The Bertz CT molecular complexity index is 1090. The normalized spacial score (nSPS) is 21.6. The molecule has 1 aromatic carbocycles. The first-order valence-electron chi connectivity index (χ1n) is 10.5. The predicted molar refractivity (Wildman–Crippen MR) is 118 cm³/mol. The lowest BCUT2D eigenvalue weighted by molar-refractivity contribution is -0.122. The van der Waals surface area contributed by atoms with Gasteiger partial charge in [-0.3, -0.25) is 14.6 Å². The number of likely N-dealkylation sites (tertiary alicyclic amines) is 1. The molecule has 166 valence electrons. The number of halogens is 1.